The molecule has 1 N–H and O–H groups in total. The predicted octanol–water partition coefficient (Wildman–Crippen LogP) is 3.18. The van der Waals surface area contributed by atoms with Gasteiger partial charge in [0.15, 0.2) is 0 Å². The van der Waals surface area contributed by atoms with Crippen LogP contribution in [-0.2, 0) is 17.8 Å². The number of carboxylic acids is 1. The van der Waals surface area contributed by atoms with Crippen molar-refractivity contribution in [1.82, 2.24) is 4.90 Å². The third-order valence-corrected chi connectivity index (χ3v) is 3.38. The lowest BCUT2D eigenvalue weighted by atomic mass is 10.0. The van der Waals surface area contributed by atoms with Gasteiger partial charge in [-0.2, -0.15) is 0 Å². The smallest absolute Gasteiger partial charge is 0.307 e. The molecule has 1 aromatic carbocycles. The largest absolute Gasteiger partial charge is 0.481 e. The van der Waals surface area contributed by atoms with Crippen molar-refractivity contribution in [3.8, 4) is 0 Å². The second-order valence-electron chi connectivity index (χ2n) is 5.78. The van der Waals surface area contributed by atoms with E-state index in [0.717, 1.165) is 12.1 Å². The van der Waals surface area contributed by atoms with Crippen molar-refractivity contribution < 1.29 is 9.90 Å². The predicted molar refractivity (Wildman–Crippen MR) is 78.2 cm³/mol. The molecule has 0 aliphatic carbocycles. The number of carboxylic acid groups (broad SMARTS) is 1. The molecular weight excluding hydrogens is 238 g/mol. The van der Waals surface area contributed by atoms with Crippen LogP contribution in [0.4, 0.5) is 0 Å². The zero-order valence-corrected chi connectivity index (χ0v) is 12.4. The molecule has 1 aromatic rings. The molecule has 1 atom stereocenters. The van der Waals surface area contributed by atoms with Gasteiger partial charge in [0.05, 0.1) is 6.42 Å². The Balaban J connectivity index is 2.55. The highest BCUT2D eigenvalue weighted by Gasteiger charge is 2.11. The molecule has 3 heteroatoms. The summed E-state index contributed by atoms with van der Waals surface area (Å²) in [6.07, 6.45) is 1.29. The van der Waals surface area contributed by atoms with Crippen LogP contribution in [0.3, 0.4) is 0 Å². The Labute approximate surface area is 116 Å². The summed E-state index contributed by atoms with van der Waals surface area (Å²) in [5.41, 5.74) is 2.08. The lowest BCUT2D eigenvalue weighted by Crippen LogP contribution is -2.29. The number of hydrogen-bond donors (Lipinski definition) is 1. The maximum absolute atomic E-state index is 10.6. The lowest BCUT2D eigenvalue weighted by molar-refractivity contribution is -0.136. The minimum Gasteiger partial charge on any atom is -0.481 e. The van der Waals surface area contributed by atoms with Crippen LogP contribution >= 0.6 is 0 Å². The minimum absolute atomic E-state index is 0.0971. The maximum Gasteiger partial charge on any atom is 0.307 e. The Morgan fingerprint density at radius 2 is 1.68 bits per heavy atom. The lowest BCUT2D eigenvalue weighted by Gasteiger charge is -2.26. The average molecular weight is 263 g/mol. The molecule has 0 heterocycles. The van der Waals surface area contributed by atoms with E-state index >= 15 is 0 Å². The normalized spacial score (nSPS) is 12.9. The van der Waals surface area contributed by atoms with Crippen molar-refractivity contribution in [3.05, 3.63) is 35.4 Å². The molecule has 0 bridgehead atoms. The Morgan fingerprint density at radius 3 is 2.16 bits per heavy atom. The van der Waals surface area contributed by atoms with E-state index < -0.39 is 5.97 Å². The third-order valence-electron chi connectivity index (χ3n) is 3.38. The van der Waals surface area contributed by atoms with E-state index in [9.17, 15) is 4.79 Å². The Hall–Kier alpha value is -1.35. The standard InChI is InChI=1S/C16H25NO2/c1-12(2)9-13(3)17(4)11-15-7-5-14(6-8-15)10-16(18)19/h5-8,12-13H,9-11H2,1-4H3,(H,18,19). The minimum atomic E-state index is -0.782. The molecule has 0 aliphatic rings. The highest BCUT2D eigenvalue weighted by Crippen LogP contribution is 2.13. The average Bonchev–Trinajstić information content (AvgIpc) is 2.30. The van der Waals surface area contributed by atoms with Crippen molar-refractivity contribution in [2.24, 2.45) is 5.92 Å². The second-order valence-corrected chi connectivity index (χ2v) is 5.78. The van der Waals surface area contributed by atoms with E-state index in [2.05, 4.69) is 32.7 Å². The summed E-state index contributed by atoms with van der Waals surface area (Å²) >= 11 is 0. The first-order valence-corrected chi connectivity index (χ1v) is 6.88. The van der Waals surface area contributed by atoms with Gasteiger partial charge in [-0.3, -0.25) is 9.69 Å². The van der Waals surface area contributed by atoms with Gasteiger partial charge in [-0.05, 0) is 37.4 Å². The van der Waals surface area contributed by atoms with Gasteiger partial charge in [-0.25, -0.2) is 0 Å². The molecule has 0 saturated carbocycles. The number of hydrogen-bond acceptors (Lipinski definition) is 2. The maximum atomic E-state index is 10.6. The Kier molecular flexibility index (Phi) is 6.03. The Morgan fingerprint density at radius 1 is 1.16 bits per heavy atom. The summed E-state index contributed by atoms with van der Waals surface area (Å²) in [5, 5.41) is 8.73. The van der Waals surface area contributed by atoms with Gasteiger partial charge in [0.2, 0.25) is 0 Å². The van der Waals surface area contributed by atoms with Crippen LogP contribution in [0.25, 0.3) is 0 Å². The van der Waals surface area contributed by atoms with E-state index in [1.807, 2.05) is 24.3 Å². The molecule has 0 radical (unpaired) electrons. The highest BCUT2D eigenvalue weighted by atomic mass is 16.4. The van der Waals surface area contributed by atoms with Crippen LogP contribution in [0.15, 0.2) is 24.3 Å². The van der Waals surface area contributed by atoms with Crippen molar-refractivity contribution >= 4 is 5.97 Å². The van der Waals surface area contributed by atoms with E-state index in [-0.39, 0.29) is 6.42 Å². The molecule has 3 nitrogen and oxygen atoms in total. The van der Waals surface area contributed by atoms with Crippen molar-refractivity contribution in [1.29, 1.82) is 0 Å². The first-order chi connectivity index (χ1) is 8.88. The molecule has 0 aromatic heterocycles. The summed E-state index contributed by atoms with van der Waals surface area (Å²) in [6.45, 7) is 7.64. The van der Waals surface area contributed by atoms with Crippen LogP contribution < -0.4 is 0 Å². The number of nitrogens with zero attached hydrogens (tertiary/aromatic N) is 1. The SMILES string of the molecule is CC(C)CC(C)N(C)Cc1ccc(CC(=O)O)cc1. The third kappa shape index (κ3) is 5.88. The Bertz CT molecular complexity index is 398. The summed E-state index contributed by atoms with van der Waals surface area (Å²) in [4.78, 5) is 13.0. The summed E-state index contributed by atoms with van der Waals surface area (Å²) in [5.74, 6) is -0.0779. The van der Waals surface area contributed by atoms with Crippen molar-refractivity contribution in [2.75, 3.05) is 7.05 Å². The molecule has 0 spiro atoms. The molecule has 0 aliphatic heterocycles. The molecular formula is C16H25NO2. The zero-order chi connectivity index (χ0) is 14.4. The molecule has 0 amide bonds. The second kappa shape index (κ2) is 7.29. The topological polar surface area (TPSA) is 40.5 Å². The monoisotopic (exact) mass is 263 g/mol. The van der Waals surface area contributed by atoms with Crippen LogP contribution in [0.1, 0.15) is 38.3 Å². The van der Waals surface area contributed by atoms with Crippen LogP contribution in [0.5, 0.6) is 0 Å². The molecule has 1 rings (SSSR count). The van der Waals surface area contributed by atoms with Crippen LogP contribution in [0, 0.1) is 5.92 Å². The summed E-state index contributed by atoms with van der Waals surface area (Å²) < 4.78 is 0. The fourth-order valence-electron chi connectivity index (χ4n) is 2.24. The first kappa shape index (κ1) is 15.7. The van der Waals surface area contributed by atoms with Crippen molar-refractivity contribution in [3.63, 3.8) is 0 Å². The fraction of sp³-hybridized carbons (Fsp3) is 0.562. The highest BCUT2D eigenvalue weighted by molar-refractivity contribution is 5.70. The first-order valence-electron chi connectivity index (χ1n) is 6.88. The van der Waals surface area contributed by atoms with Gasteiger partial charge in [0, 0.05) is 12.6 Å². The molecule has 0 saturated heterocycles. The number of carbonyl (C=O) groups is 1. The van der Waals surface area contributed by atoms with Crippen LogP contribution in [0.2, 0.25) is 0 Å². The number of rotatable bonds is 7. The van der Waals surface area contributed by atoms with E-state index in [1.54, 1.807) is 0 Å². The van der Waals surface area contributed by atoms with Gasteiger partial charge in [0.25, 0.3) is 0 Å². The van der Waals surface area contributed by atoms with Gasteiger partial charge < -0.3 is 5.11 Å². The molecule has 19 heavy (non-hydrogen) atoms. The van der Waals surface area contributed by atoms with Crippen molar-refractivity contribution in [2.45, 2.75) is 46.2 Å². The van der Waals surface area contributed by atoms with E-state index in [0.29, 0.717) is 12.0 Å². The molecule has 1 unspecified atom stereocenters. The zero-order valence-electron chi connectivity index (χ0n) is 12.4. The summed E-state index contributed by atoms with van der Waals surface area (Å²) in [7, 11) is 2.14. The van der Waals surface area contributed by atoms with E-state index in [1.165, 1.54) is 12.0 Å². The van der Waals surface area contributed by atoms with E-state index in [4.69, 9.17) is 5.11 Å². The van der Waals surface area contributed by atoms with Gasteiger partial charge in [-0.1, -0.05) is 38.1 Å². The fourth-order valence-corrected chi connectivity index (χ4v) is 2.24. The number of benzene rings is 1. The summed E-state index contributed by atoms with van der Waals surface area (Å²) in [6, 6.07) is 8.42. The van der Waals surface area contributed by atoms with Gasteiger partial charge in [0.1, 0.15) is 0 Å². The number of aliphatic carboxylic acids is 1. The molecule has 106 valence electrons. The van der Waals surface area contributed by atoms with Gasteiger partial charge in [-0.15, -0.1) is 0 Å². The van der Waals surface area contributed by atoms with Gasteiger partial charge >= 0.3 is 5.97 Å². The molecule has 0 fully saturated rings. The van der Waals surface area contributed by atoms with Crippen LogP contribution in [-0.4, -0.2) is 29.1 Å². The quantitative estimate of drug-likeness (QED) is 0.821.